The second-order valence-corrected chi connectivity index (χ2v) is 18.7. The molecule has 2 saturated carbocycles. The number of nitro benzene ring substituents is 1. The summed E-state index contributed by atoms with van der Waals surface area (Å²) in [5.74, 6) is -1.25. The molecule has 2 amide bonds. The van der Waals surface area contributed by atoms with Crippen LogP contribution in [-0.2, 0) is 21.0 Å². The molecule has 2 aromatic rings. The minimum atomic E-state index is -1.38. The molecule has 0 unspecified atom stereocenters. The van der Waals surface area contributed by atoms with Gasteiger partial charge in [0.2, 0.25) is 11.7 Å². The Labute approximate surface area is 391 Å². The summed E-state index contributed by atoms with van der Waals surface area (Å²) in [5.41, 5.74) is 3.08. The van der Waals surface area contributed by atoms with Gasteiger partial charge in [-0.3, -0.25) is 14.9 Å². The van der Waals surface area contributed by atoms with E-state index >= 15 is 0 Å². The predicted octanol–water partition coefficient (Wildman–Crippen LogP) is 10.3. The van der Waals surface area contributed by atoms with E-state index in [-0.39, 0.29) is 68.1 Å². The zero-order valence-corrected chi connectivity index (χ0v) is 39.3. The lowest BCUT2D eigenvalue weighted by atomic mass is 9.55. The van der Waals surface area contributed by atoms with Crippen LogP contribution in [0.25, 0.3) is 0 Å². The minimum absolute atomic E-state index is 0.00392. The third-order valence-electron chi connectivity index (χ3n) is 13.9. The number of amides is 2. The maximum atomic E-state index is 14.1. The van der Waals surface area contributed by atoms with Crippen molar-refractivity contribution in [3.05, 3.63) is 88.0 Å². The van der Waals surface area contributed by atoms with Crippen molar-refractivity contribution in [3.8, 4) is 11.5 Å². The first kappa shape index (κ1) is 50.6. The van der Waals surface area contributed by atoms with E-state index in [1.807, 2.05) is 19.2 Å². The van der Waals surface area contributed by atoms with Crippen molar-refractivity contribution in [3.63, 3.8) is 0 Å². The lowest BCUT2D eigenvalue weighted by molar-refractivity contribution is -0.384. The standard InChI is InChI=1S/C52H74N4O10/c1-4-6-7-8-9-10-11-12-13-16-29-53-51(60)65-41-27-28-46-44(34-41)48-42(20-15-18-31-58)39(19-14-17-30-57)33-43-45(54-64-36-37-21-25-40(26-22-37)56(61)62)35-47(55(3)50(59)38-23-24-38)52(66-46,49(43)48)63-32-5-2/h5,21-22,25-28,33-34,38-39,42,47-49,57-58H,2,4,6-20,23-24,29-32,35-36H2,1,3H3,(H,53,60)/t39-,42+,47-,48+,49+,52+/m0/s1. The molecule has 2 fully saturated rings. The molecule has 0 bridgehead atoms. The van der Waals surface area contributed by atoms with E-state index < -0.39 is 28.8 Å². The molecule has 3 aliphatic carbocycles. The number of nitrogens with one attached hydrogen (secondary N) is 1. The SMILES string of the molecule is C=CCO[C@@]12Oc3ccc(OC(=O)NCCCCCCCCCCCC)cc3[C@H]3[C@H](CCCCO)[C@@H](CCCCO)C=C(C(=NOCc4ccc([N+](=O)[O-])cc4)C[C@@H]1N(C)C(=O)C1CC1)[C@H]32. The summed E-state index contributed by atoms with van der Waals surface area (Å²) in [4.78, 5) is 46.1. The van der Waals surface area contributed by atoms with Crippen LogP contribution in [0.5, 0.6) is 11.5 Å². The van der Waals surface area contributed by atoms with Crippen LogP contribution in [0.15, 0.2) is 71.9 Å². The number of benzene rings is 2. The van der Waals surface area contributed by atoms with Crippen LogP contribution in [0.4, 0.5) is 10.5 Å². The second-order valence-electron chi connectivity index (χ2n) is 18.7. The van der Waals surface area contributed by atoms with E-state index in [0.717, 1.165) is 68.9 Å². The van der Waals surface area contributed by atoms with Crippen molar-refractivity contribution in [1.29, 1.82) is 0 Å². The third kappa shape index (κ3) is 13.0. The van der Waals surface area contributed by atoms with Crippen molar-refractivity contribution in [2.24, 2.45) is 28.8 Å². The van der Waals surface area contributed by atoms with Crippen LogP contribution in [-0.4, -0.2) is 83.0 Å². The number of carbonyl (C=O) groups is 2. The lowest BCUT2D eigenvalue weighted by Gasteiger charge is -2.59. The number of rotatable bonds is 29. The quantitative estimate of drug-likeness (QED) is 0.0307. The Morgan fingerprint density at radius 1 is 0.955 bits per heavy atom. The summed E-state index contributed by atoms with van der Waals surface area (Å²) in [6.45, 7) is 7.11. The molecule has 362 valence electrons. The Hall–Kier alpha value is -4.79. The first-order chi connectivity index (χ1) is 32.1. The van der Waals surface area contributed by atoms with Gasteiger partial charge in [0, 0.05) is 62.8 Å². The molecule has 14 nitrogen and oxygen atoms in total. The maximum Gasteiger partial charge on any atom is 0.412 e. The Bertz CT molecular complexity index is 1970. The van der Waals surface area contributed by atoms with Gasteiger partial charge in [-0.15, -0.1) is 6.58 Å². The number of oxime groups is 1. The fraction of sp³-hybridized carbons (Fsp3) is 0.635. The molecular weight excluding hydrogens is 841 g/mol. The van der Waals surface area contributed by atoms with Crippen LogP contribution < -0.4 is 14.8 Å². The van der Waals surface area contributed by atoms with Gasteiger partial charge in [0.05, 0.1) is 23.2 Å². The van der Waals surface area contributed by atoms with Gasteiger partial charge >= 0.3 is 6.09 Å². The molecule has 3 N–H and O–H groups in total. The smallest absolute Gasteiger partial charge is 0.412 e. The third-order valence-corrected chi connectivity index (χ3v) is 13.9. The van der Waals surface area contributed by atoms with Crippen LogP contribution in [0.1, 0.15) is 146 Å². The number of unbranched alkanes of at least 4 members (excludes halogenated alkanes) is 11. The molecule has 0 aromatic heterocycles. The molecule has 14 heteroatoms. The van der Waals surface area contributed by atoms with Crippen LogP contribution >= 0.6 is 0 Å². The van der Waals surface area contributed by atoms with Crippen LogP contribution in [0.3, 0.4) is 0 Å². The summed E-state index contributed by atoms with van der Waals surface area (Å²) in [5, 5.41) is 38.9. The van der Waals surface area contributed by atoms with Gasteiger partial charge < -0.3 is 39.5 Å². The number of non-ortho nitro benzene ring substituents is 1. The minimum Gasteiger partial charge on any atom is -0.459 e. The van der Waals surface area contributed by atoms with Crippen molar-refractivity contribution in [2.45, 2.75) is 153 Å². The average molecular weight is 915 g/mol. The normalized spacial score (nSPS) is 23.5. The summed E-state index contributed by atoms with van der Waals surface area (Å²) in [6, 6.07) is 11.0. The van der Waals surface area contributed by atoms with Crippen molar-refractivity contribution in [2.75, 3.05) is 33.4 Å². The molecule has 2 aromatic carbocycles. The Morgan fingerprint density at radius 3 is 2.29 bits per heavy atom. The number of hydrogen-bond donors (Lipinski definition) is 3. The van der Waals surface area contributed by atoms with Gasteiger partial charge in [0.15, 0.2) is 0 Å². The molecule has 4 aliphatic rings. The largest absolute Gasteiger partial charge is 0.459 e. The number of aliphatic hydroxyl groups is 2. The highest BCUT2D eigenvalue weighted by molar-refractivity contribution is 6.03. The van der Waals surface area contributed by atoms with Crippen LogP contribution in [0.2, 0.25) is 0 Å². The molecule has 0 saturated heterocycles. The molecule has 6 rings (SSSR count). The fourth-order valence-corrected chi connectivity index (χ4v) is 10.4. The van der Waals surface area contributed by atoms with Crippen molar-refractivity contribution < 1.29 is 43.8 Å². The number of carbonyl (C=O) groups excluding carboxylic acids is 2. The van der Waals surface area contributed by atoms with Crippen LogP contribution in [0, 0.1) is 33.8 Å². The molecule has 6 atom stereocenters. The van der Waals surface area contributed by atoms with E-state index in [1.54, 1.807) is 29.2 Å². The van der Waals surface area contributed by atoms with Gasteiger partial charge in [0.25, 0.3) is 5.69 Å². The van der Waals surface area contributed by atoms with Crippen molar-refractivity contribution in [1.82, 2.24) is 10.2 Å². The number of aliphatic hydroxyl groups excluding tert-OH is 2. The van der Waals surface area contributed by atoms with E-state index in [1.165, 1.54) is 57.1 Å². The number of fused-ring (bicyclic) bond motifs is 2. The first-order valence-corrected chi connectivity index (χ1v) is 24.8. The molecule has 0 spiro atoms. The number of ether oxygens (including phenoxy) is 3. The molecule has 0 radical (unpaired) electrons. The number of nitro groups is 1. The Morgan fingerprint density at radius 2 is 1.64 bits per heavy atom. The maximum absolute atomic E-state index is 14.1. The van der Waals surface area contributed by atoms with E-state index in [9.17, 15) is 29.9 Å². The lowest BCUT2D eigenvalue weighted by Crippen LogP contribution is -2.69. The number of allylic oxidation sites excluding steroid dienone is 1. The number of hydrogen-bond acceptors (Lipinski definition) is 11. The van der Waals surface area contributed by atoms with Gasteiger partial charge in [0.1, 0.15) is 24.1 Å². The highest BCUT2D eigenvalue weighted by Gasteiger charge is 2.65. The molecule has 1 heterocycles. The summed E-state index contributed by atoms with van der Waals surface area (Å²) in [6.07, 6.45) is 21.7. The number of nitrogens with zero attached hydrogens (tertiary/aromatic N) is 3. The fourth-order valence-electron chi connectivity index (χ4n) is 10.4. The van der Waals surface area contributed by atoms with E-state index in [2.05, 4.69) is 24.9 Å². The zero-order chi connectivity index (χ0) is 46.9. The van der Waals surface area contributed by atoms with Gasteiger partial charge in [-0.25, -0.2) is 4.79 Å². The number of likely N-dealkylation sites (N-methyl/N-ethyl adjacent to an activating group) is 1. The topological polar surface area (TPSA) is 182 Å². The summed E-state index contributed by atoms with van der Waals surface area (Å²) >= 11 is 0. The Balaban J connectivity index is 1.34. The van der Waals surface area contributed by atoms with Crippen molar-refractivity contribution >= 4 is 23.4 Å². The predicted molar refractivity (Wildman–Crippen MR) is 254 cm³/mol. The first-order valence-electron chi connectivity index (χ1n) is 24.8. The Kier molecular flexibility index (Phi) is 19.5. The van der Waals surface area contributed by atoms with Gasteiger partial charge in [-0.1, -0.05) is 94.9 Å². The second kappa shape index (κ2) is 25.4. The highest BCUT2D eigenvalue weighted by Crippen LogP contribution is 2.62. The molecule has 66 heavy (non-hydrogen) atoms. The van der Waals surface area contributed by atoms with E-state index in [4.69, 9.17) is 24.2 Å². The summed E-state index contributed by atoms with van der Waals surface area (Å²) < 4.78 is 20.2. The van der Waals surface area contributed by atoms with E-state index in [0.29, 0.717) is 42.2 Å². The van der Waals surface area contributed by atoms with Gasteiger partial charge in [-0.05, 0) is 98.2 Å². The zero-order valence-electron chi connectivity index (χ0n) is 39.3. The average Bonchev–Trinajstić information content (AvgIpc) is 4.17. The monoisotopic (exact) mass is 915 g/mol. The molecular formula is C52H74N4O10. The van der Waals surface area contributed by atoms with Gasteiger partial charge in [-0.2, -0.15) is 0 Å². The summed E-state index contributed by atoms with van der Waals surface area (Å²) in [7, 11) is 1.81. The highest BCUT2D eigenvalue weighted by atomic mass is 16.7. The molecule has 1 aliphatic heterocycles.